The van der Waals surface area contributed by atoms with Gasteiger partial charge in [0.2, 0.25) is 11.6 Å². The van der Waals surface area contributed by atoms with Gasteiger partial charge >= 0.3 is 11.6 Å². The molecule has 0 aliphatic carbocycles. The number of aliphatic hydroxyl groups excluding tert-OH is 6. The van der Waals surface area contributed by atoms with Gasteiger partial charge in [-0.3, -0.25) is 4.79 Å². The Hall–Kier alpha value is -1.63. The minimum absolute atomic E-state index is 0.198. The molecule has 184 valence electrons. The zero-order valence-electron chi connectivity index (χ0n) is 16.9. The van der Waals surface area contributed by atoms with Crippen molar-refractivity contribution in [3.05, 3.63) is 35.9 Å². The van der Waals surface area contributed by atoms with Crippen LogP contribution < -0.4 is 0 Å². The normalized spacial score (nSPS) is 47.1. The maximum absolute atomic E-state index is 13.7. The Kier molecular flexibility index (Phi) is 6.12. The predicted molar refractivity (Wildman–Crippen MR) is 98.4 cm³/mol. The zero-order chi connectivity index (χ0) is 24.2. The summed E-state index contributed by atoms with van der Waals surface area (Å²) in [4.78, 5) is 22.8. The number of hydrogen-bond acceptors (Lipinski definition) is 14. The van der Waals surface area contributed by atoms with Crippen molar-refractivity contribution in [3.63, 3.8) is 0 Å². The number of ether oxygens (including phenoxy) is 3. The molecular weight excluding hydrogens is 452 g/mol. The van der Waals surface area contributed by atoms with Gasteiger partial charge in [-0.05, 0) is 0 Å². The first-order valence-corrected chi connectivity index (χ1v) is 9.90. The van der Waals surface area contributed by atoms with E-state index in [1.807, 2.05) is 0 Å². The number of aliphatic hydroxyl groups is 8. The van der Waals surface area contributed by atoms with Gasteiger partial charge in [-0.2, -0.15) is 9.78 Å². The van der Waals surface area contributed by atoms with Crippen LogP contribution in [0.4, 0.5) is 0 Å². The van der Waals surface area contributed by atoms with Crippen molar-refractivity contribution < 1.29 is 69.6 Å². The summed E-state index contributed by atoms with van der Waals surface area (Å²) in [5, 5.41) is 82.2. The molecule has 0 radical (unpaired) electrons. The maximum atomic E-state index is 13.7. The van der Waals surface area contributed by atoms with Crippen LogP contribution in [0.2, 0.25) is 0 Å². The number of benzene rings is 1. The van der Waals surface area contributed by atoms with Crippen molar-refractivity contribution in [2.24, 2.45) is 0 Å². The number of carbonyl (C=O) groups is 1. The molecule has 0 saturated carbocycles. The van der Waals surface area contributed by atoms with Crippen LogP contribution in [-0.4, -0.2) is 120 Å². The topological polar surface area (TPSA) is 225 Å². The molecule has 3 saturated heterocycles. The predicted octanol–water partition coefficient (Wildman–Crippen LogP) is -4.53. The third-order valence-corrected chi connectivity index (χ3v) is 6.03. The number of fused-ring (bicyclic) bond motifs is 1. The molecule has 3 fully saturated rings. The molecule has 9 atom stereocenters. The van der Waals surface area contributed by atoms with E-state index in [2.05, 4.69) is 9.78 Å². The fourth-order valence-corrected chi connectivity index (χ4v) is 4.11. The lowest BCUT2D eigenvalue weighted by atomic mass is 9.80. The number of hydrogen-bond donors (Lipinski definition) is 8. The number of Topliss-reactive ketones (excluding diaryl/α,β-unsaturated/α-hetero) is 1. The third kappa shape index (κ3) is 3.13. The molecule has 1 aromatic rings. The summed E-state index contributed by atoms with van der Waals surface area (Å²) in [6.45, 7) is -3.11. The first-order chi connectivity index (χ1) is 15.6. The van der Waals surface area contributed by atoms with Crippen molar-refractivity contribution in [1.29, 1.82) is 0 Å². The maximum Gasteiger partial charge on any atom is 0.321 e. The summed E-state index contributed by atoms with van der Waals surface area (Å²) >= 11 is 0. The standard InChI is InChI=1S/C19H24O14/c20-6-10-12(23)15(26)16(8-22,29-10)31-18(13(24)9-4-2-1-3-5-9)19(28)17(27,32-33-19)14(25)11(7-21)30-18/h1-5,10-12,14-15,20-23,25-28H,6-8H2/t10-,11-,12-,14-,15+,16?,17-,18+,19+/m1/s1. The van der Waals surface area contributed by atoms with E-state index in [1.54, 1.807) is 6.07 Å². The average molecular weight is 476 g/mol. The minimum Gasteiger partial charge on any atom is -0.394 e. The Balaban J connectivity index is 1.89. The molecular formula is C19H24O14. The van der Waals surface area contributed by atoms with Crippen LogP contribution in [0.1, 0.15) is 10.4 Å². The smallest absolute Gasteiger partial charge is 0.321 e. The van der Waals surface area contributed by atoms with Gasteiger partial charge in [0.15, 0.2) is 0 Å². The van der Waals surface area contributed by atoms with E-state index in [0.29, 0.717) is 0 Å². The highest BCUT2D eigenvalue weighted by molar-refractivity contribution is 6.02. The van der Waals surface area contributed by atoms with Gasteiger partial charge in [0.05, 0.1) is 13.2 Å². The third-order valence-electron chi connectivity index (χ3n) is 6.03. The van der Waals surface area contributed by atoms with Gasteiger partial charge in [-0.25, -0.2) is 0 Å². The molecule has 0 bridgehead atoms. The Morgan fingerprint density at radius 3 is 2.03 bits per heavy atom. The second-order valence-corrected chi connectivity index (χ2v) is 7.95. The van der Waals surface area contributed by atoms with Crippen LogP contribution in [0.25, 0.3) is 0 Å². The van der Waals surface area contributed by atoms with Gasteiger partial charge < -0.3 is 55.1 Å². The van der Waals surface area contributed by atoms with E-state index in [1.165, 1.54) is 24.3 Å². The van der Waals surface area contributed by atoms with Gasteiger partial charge in [-0.1, -0.05) is 30.3 Å². The van der Waals surface area contributed by atoms with Gasteiger partial charge in [0.1, 0.15) is 37.1 Å². The number of carbonyl (C=O) groups excluding carboxylic acids is 1. The lowest BCUT2D eigenvalue weighted by Gasteiger charge is -2.62. The summed E-state index contributed by atoms with van der Waals surface area (Å²) in [5.74, 6) is -13.6. The summed E-state index contributed by atoms with van der Waals surface area (Å²) in [7, 11) is 0. The van der Waals surface area contributed by atoms with Crippen molar-refractivity contribution in [2.45, 2.75) is 53.7 Å². The molecule has 14 heteroatoms. The van der Waals surface area contributed by atoms with Crippen molar-refractivity contribution in [3.8, 4) is 0 Å². The quantitative estimate of drug-likeness (QED) is 0.137. The van der Waals surface area contributed by atoms with Crippen molar-refractivity contribution in [2.75, 3.05) is 19.8 Å². The lowest BCUT2D eigenvalue weighted by Crippen LogP contribution is -2.89. The highest BCUT2D eigenvalue weighted by atomic mass is 17.3. The van der Waals surface area contributed by atoms with Gasteiger partial charge in [0.25, 0.3) is 5.79 Å². The summed E-state index contributed by atoms with van der Waals surface area (Å²) in [5.41, 5.74) is -0.198. The monoisotopic (exact) mass is 476 g/mol. The zero-order valence-corrected chi connectivity index (χ0v) is 16.9. The van der Waals surface area contributed by atoms with E-state index in [-0.39, 0.29) is 5.56 Å². The molecule has 0 aromatic heterocycles. The van der Waals surface area contributed by atoms with Crippen molar-refractivity contribution in [1.82, 2.24) is 0 Å². The van der Waals surface area contributed by atoms with E-state index in [9.17, 15) is 45.6 Å². The van der Waals surface area contributed by atoms with E-state index < -0.39 is 79.3 Å². The van der Waals surface area contributed by atoms with E-state index >= 15 is 0 Å². The molecule has 1 unspecified atom stereocenters. The summed E-state index contributed by atoms with van der Waals surface area (Å²) in [6, 6.07) is 6.96. The number of rotatable bonds is 7. The molecule has 1 aromatic carbocycles. The van der Waals surface area contributed by atoms with E-state index in [0.717, 1.165) is 0 Å². The Morgan fingerprint density at radius 1 is 0.909 bits per heavy atom. The summed E-state index contributed by atoms with van der Waals surface area (Å²) in [6.07, 6.45) is -9.40. The molecule has 3 heterocycles. The molecule has 33 heavy (non-hydrogen) atoms. The van der Waals surface area contributed by atoms with Crippen LogP contribution in [-0.2, 0) is 24.0 Å². The molecule has 3 aliphatic heterocycles. The first-order valence-electron chi connectivity index (χ1n) is 9.90. The Bertz CT molecular complexity index is 885. The molecule has 3 aliphatic rings. The highest BCUT2D eigenvalue weighted by Gasteiger charge is 2.86. The lowest BCUT2D eigenvalue weighted by molar-refractivity contribution is -0.713. The second-order valence-electron chi connectivity index (χ2n) is 7.95. The SMILES string of the molecule is O=C(c1ccccc1)[C@@]1(OC2(CO)O[C@H](CO)[C@@H](O)[C@@H]2O)O[C@H](CO)[C@@H](O)[C@@]2(O)OO[C@]12O. The average Bonchev–Trinajstić information content (AvgIpc) is 3.08. The van der Waals surface area contributed by atoms with E-state index in [4.69, 9.17) is 14.2 Å². The van der Waals surface area contributed by atoms with Crippen LogP contribution in [0.5, 0.6) is 0 Å². The fourth-order valence-electron chi connectivity index (χ4n) is 4.11. The Morgan fingerprint density at radius 2 is 1.55 bits per heavy atom. The van der Waals surface area contributed by atoms with Crippen LogP contribution in [0, 0.1) is 0 Å². The van der Waals surface area contributed by atoms with Crippen LogP contribution >= 0.6 is 0 Å². The van der Waals surface area contributed by atoms with Crippen LogP contribution in [0.3, 0.4) is 0 Å². The molecule has 0 spiro atoms. The minimum atomic E-state index is -3.33. The second kappa shape index (κ2) is 8.24. The molecule has 0 amide bonds. The molecule has 14 nitrogen and oxygen atoms in total. The summed E-state index contributed by atoms with van der Waals surface area (Å²) < 4.78 is 16.3. The van der Waals surface area contributed by atoms with Gasteiger partial charge in [0, 0.05) is 5.56 Å². The molecule has 4 rings (SSSR count). The number of ketones is 1. The van der Waals surface area contributed by atoms with Gasteiger partial charge in [-0.15, -0.1) is 0 Å². The highest BCUT2D eigenvalue weighted by Crippen LogP contribution is 2.56. The Labute approximate surface area is 185 Å². The first kappa shape index (κ1) is 24.5. The largest absolute Gasteiger partial charge is 0.394 e. The van der Waals surface area contributed by atoms with Crippen LogP contribution in [0.15, 0.2) is 30.3 Å². The molecule has 8 N–H and O–H groups in total. The van der Waals surface area contributed by atoms with Crippen molar-refractivity contribution >= 4 is 5.78 Å². The fraction of sp³-hybridized carbons (Fsp3) is 0.632.